The van der Waals surface area contributed by atoms with Crippen LogP contribution in [0.3, 0.4) is 0 Å². The van der Waals surface area contributed by atoms with Crippen molar-refractivity contribution in [3.05, 3.63) is 64.4 Å². The second kappa shape index (κ2) is 7.81. The molecular weight excluding hydrogens is 355 g/mol. The van der Waals surface area contributed by atoms with E-state index >= 15 is 0 Å². The maximum Gasteiger partial charge on any atom is 0.142 e. The molecule has 0 fully saturated rings. The van der Waals surface area contributed by atoms with Gasteiger partial charge in [0.15, 0.2) is 0 Å². The summed E-state index contributed by atoms with van der Waals surface area (Å²) in [6.07, 6.45) is 1.74. The number of benzene rings is 2. The van der Waals surface area contributed by atoms with Crippen LogP contribution in [0.25, 0.3) is 0 Å². The number of hydrogen-bond donors (Lipinski definition) is 0. The first-order chi connectivity index (χ1) is 10.1. The monoisotopic (exact) mass is 370 g/mol. The maximum absolute atomic E-state index is 13.5. The molecule has 1 nitrogen and oxygen atoms in total. The lowest BCUT2D eigenvalue weighted by Crippen LogP contribution is -2.10. The van der Waals surface area contributed by atoms with Crippen LogP contribution < -0.4 is 4.74 Å². The van der Waals surface area contributed by atoms with E-state index in [2.05, 4.69) is 28.1 Å². The van der Waals surface area contributed by atoms with E-state index in [1.165, 1.54) is 11.6 Å². The van der Waals surface area contributed by atoms with Gasteiger partial charge in [0.2, 0.25) is 0 Å². The molecule has 21 heavy (non-hydrogen) atoms. The molecule has 0 bridgehead atoms. The molecule has 0 heterocycles. The first-order valence-corrected chi connectivity index (χ1v) is 8.25. The zero-order valence-corrected chi connectivity index (χ0v) is 14.1. The van der Waals surface area contributed by atoms with Gasteiger partial charge in [-0.05, 0) is 54.2 Å². The molecule has 0 spiro atoms. The van der Waals surface area contributed by atoms with Crippen LogP contribution >= 0.6 is 27.5 Å². The van der Waals surface area contributed by atoms with Crippen molar-refractivity contribution in [3.8, 4) is 5.75 Å². The van der Waals surface area contributed by atoms with Gasteiger partial charge in [0.25, 0.3) is 0 Å². The molecule has 0 aromatic heterocycles. The smallest absolute Gasteiger partial charge is 0.142 e. The second-order valence-corrected chi connectivity index (χ2v) is 6.08. The van der Waals surface area contributed by atoms with Crippen LogP contribution in [-0.2, 0) is 12.8 Å². The van der Waals surface area contributed by atoms with Crippen molar-refractivity contribution < 1.29 is 9.13 Å². The van der Waals surface area contributed by atoms with E-state index in [-0.39, 0.29) is 10.8 Å². The number of rotatable bonds is 6. The van der Waals surface area contributed by atoms with Crippen molar-refractivity contribution in [2.75, 3.05) is 12.4 Å². The van der Waals surface area contributed by atoms with E-state index in [1.807, 2.05) is 18.2 Å². The fourth-order valence-electron chi connectivity index (χ4n) is 2.28. The van der Waals surface area contributed by atoms with E-state index < -0.39 is 0 Å². The second-order valence-electron chi connectivity index (χ2n) is 5.03. The van der Waals surface area contributed by atoms with Gasteiger partial charge in [-0.2, -0.15) is 0 Å². The third kappa shape index (κ3) is 4.72. The Bertz CT molecular complexity index is 586. The van der Waals surface area contributed by atoms with E-state index in [1.54, 1.807) is 13.2 Å². The molecule has 0 saturated carbocycles. The maximum atomic E-state index is 13.5. The first kappa shape index (κ1) is 16.3. The molecule has 0 saturated heterocycles. The molecule has 2 aromatic carbocycles. The number of ether oxygens (including phenoxy) is 1. The quantitative estimate of drug-likeness (QED) is 0.627. The minimum atomic E-state index is -0.355. The predicted molar refractivity (Wildman–Crippen MR) is 89.1 cm³/mol. The average Bonchev–Trinajstić information content (AvgIpc) is 2.51. The fraction of sp³-hybridized carbons (Fsp3) is 0.294. The third-order valence-electron chi connectivity index (χ3n) is 3.41. The Hall–Kier alpha value is -1.06. The fourth-order valence-corrected chi connectivity index (χ4v) is 2.85. The predicted octanol–water partition coefficient (Wildman–Crippen LogP) is 5.28. The summed E-state index contributed by atoms with van der Waals surface area (Å²) in [5, 5.41) is 1.04. The van der Waals surface area contributed by atoms with Crippen LogP contribution in [0, 0.1) is 11.7 Å². The molecule has 2 rings (SSSR count). The molecule has 0 aliphatic heterocycles. The first-order valence-electron chi connectivity index (χ1n) is 6.75. The van der Waals surface area contributed by atoms with E-state index in [0.29, 0.717) is 5.92 Å². The molecule has 0 amide bonds. The summed E-state index contributed by atoms with van der Waals surface area (Å²) < 4.78 is 18.6. The van der Waals surface area contributed by atoms with Crippen LogP contribution in [0.1, 0.15) is 11.1 Å². The summed E-state index contributed by atoms with van der Waals surface area (Å²) in [7, 11) is 1.66. The van der Waals surface area contributed by atoms with Crippen molar-refractivity contribution in [1.29, 1.82) is 0 Å². The van der Waals surface area contributed by atoms with Crippen molar-refractivity contribution in [1.82, 2.24) is 0 Å². The largest absolute Gasteiger partial charge is 0.497 e. The Balaban J connectivity index is 2.03. The Morgan fingerprint density at radius 1 is 1.10 bits per heavy atom. The van der Waals surface area contributed by atoms with Gasteiger partial charge in [-0.15, -0.1) is 0 Å². The Labute approximate surface area is 138 Å². The minimum Gasteiger partial charge on any atom is -0.497 e. The van der Waals surface area contributed by atoms with Gasteiger partial charge in [0.1, 0.15) is 11.6 Å². The van der Waals surface area contributed by atoms with Gasteiger partial charge in [-0.25, -0.2) is 4.39 Å². The Morgan fingerprint density at radius 2 is 1.71 bits per heavy atom. The summed E-state index contributed by atoms with van der Waals surface area (Å²) in [4.78, 5) is 0. The van der Waals surface area contributed by atoms with Gasteiger partial charge in [-0.1, -0.05) is 45.7 Å². The topological polar surface area (TPSA) is 9.23 Å². The zero-order valence-electron chi connectivity index (χ0n) is 11.8. The number of alkyl halides is 1. The van der Waals surface area contributed by atoms with Crippen LogP contribution in [-0.4, -0.2) is 12.4 Å². The molecule has 0 radical (unpaired) electrons. The zero-order chi connectivity index (χ0) is 15.2. The standard InChI is InChI=1S/C17H17BrClFO/c1-21-15-5-2-12(3-6-15)8-14(11-18)9-13-4-7-16(19)17(20)10-13/h2-7,10,14H,8-9,11H2,1H3. The molecular formula is C17H17BrClFO. The van der Waals surface area contributed by atoms with Gasteiger partial charge in [0, 0.05) is 5.33 Å². The summed E-state index contributed by atoms with van der Waals surface area (Å²) in [5.74, 6) is 0.903. The molecule has 4 heteroatoms. The van der Waals surface area contributed by atoms with Crippen molar-refractivity contribution in [3.63, 3.8) is 0 Å². The van der Waals surface area contributed by atoms with Crippen molar-refractivity contribution >= 4 is 27.5 Å². The van der Waals surface area contributed by atoms with Gasteiger partial charge >= 0.3 is 0 Å². The van der Waals surface area contributed by atoms with Crippen molar-refractivity contribution in [2.45, 2.75) is 12.8 Å². The van der Waals surface area contributed by atoms with E-state index in [9.17, 15) is 4.39 Å². The van der Waals surface area contributed by atoms with Crippen LogP contribution in [0.2, 0.25) is 5.02 Å². The molecule has 0 aliphatic carbocycles. The molecule has 2 aromatic rings. The number of hydrogen-bond acceptors (Lipinski definition) is 1. The summed E-state index contributed by atoms with van der Waals surface area (Å²) >= 11 is 9.26. The average molecular weight is 372 g/mol. The highest BCUT2D eigenvalue weighted by Gasteiger charge is 2.11. The van der Waals surface area contributed by atoms with Gasteiger partial charge in [0.05, 0.1) is 12.1 Å². The van der Waals surface area contributed by atoms with E-state index in [4.69, 9.17) is 16.3 Å². The van der Waals surface area contributed by atoms with Gasteiger partial charge < -0.3 is 4.74 Å². The minimum absolute atomic E-state index is 0.171. The molecule has 0 N–H and O–H groups in total. The normalized spacial score (nSPS) is 12.2. The van der Waals surface area contributed by atoms with E-state index in [0.717, 1.165) is 29.5 Å². The molecule has 1 unspecified atom stereocenters. The lowest BCUT2D eigenvalue weighted by molar-refractivity contribution is 0.414. The third-order valence-corrected chi connectivity index (χ3v) is 4.63. The van der Waals surface area contributed by atoms with Crippen LogP contribution in [0.15, 0.2) is 42.5 Å². The molecule has 1 atom stereocenters. The Kier molecular flexibility index (Phi) is 6.07. The van der Waals surface area contributed by atoms with Crippen LogP contribution in [0.5, 0.6) is 5.75 Å². The van der Waals surface area contributed by atoms with Crippen molar-refractivity contribution in [2.24, 2.45) is 5.92 Å². The SMILES string of the molecule is COc1ccc(CC(CBr)Cc2ccc(Cl)c(F)c2)cc1. The number of halogens is 3. The highest BCUT2D eigenvalue weighted by molar-refractivity contribution is 9.09. The summed E-state index contributed by atoms with van der Waals surface area (Å²) in [5.41, 5.74) is 2.21. The lowest BCUT2D eigenvalue weighted by atomic mass is 9.94. The highest BCUT2D eigenvalue weighted by atomic mass is 79.9. The molecule has 0 aliphatic rings. The summed E-state index contributed by atoms with van der Waals surface area (Å²) in [6, 6.07) is 13.1. The highest BCUT2D eigenvalue weighted by Crippen LogP contribution is 2.22. The molecule has 112 valence electrons. The lowest BCUT2D eigenvalue weighted by Gasteiger charge is -2.15. The van der Waals surface area contributed by atoms with Crippen LogP contribution in [0.4, 0.5) is 4.39 Å². The van der Waals surface area contributed by atoms with Gasteiger partial charge in [-0.3, -0.25) is 0 Å². The Morgan fingerprint density at radius 3 is 2.29 bits per heavy atom. The summed E-state index contributed by atoms with van der Waals surface area (Å²) in [6.45, 7) is 0. The number of methoxy groups -OCH3 is 1.